The molecule has 1 aliphatic rings. The molecule has 1 N–H and O–H groups in total. The fraction of sp³-hybridized carbons (Fsp3) is 0.800. The molecule has 2 nitrogen and oxygen atoms in total. The van der Waals surface area contributed by atoms with Crippen LogP contribution in [0.15, 0.2) is 0 Å². The highest BCUT2D eigenvalue weighted by atomic mass is 19.3. The van der Waals surface area contributed by atoms with Crippen molar-refractivity contribution in [3.63, 3.8) is 0 Å². The van der Waals surface area contributed by atoms with Crippen molar-refractivity contribution in [1.82, 2.24) is 5.32 Å². The van der Waals surface area contributed by atoms with Crippen LogP contribution in [0.5, 0.6) is 0 Å². The molecule has 4 heteroatoms. The van der Waals surface area contributed by atoms with Gasteiger partial charge in [0.15, 0.2) is 0 Å². The van der Waals surface area contributed by atoms with Crippen molar-refractivity contribution in [3.05, 3.63) is 0 Å². The Morgan fingerprint density at radius 1 is 1.56 bits per heavy atom. The first-order valence-corrected chi connectivity index (χ1v) is 2.71. The molecular formula is C5H7F2NO. The Bertz CT molecular complexity index is 122. The van der Waals surface area contributed by atoms with Crippen LogP contribution in [0, 0.1) is 0 Å². The van der Waals surface area contributed by atoms with E-state index in [4.69, 9.17) is 0 Å². The minimum atomic E-state index is -2.41. The number of hydrogen-bond donors (Lipinski definition) is 1. The molecule has 0 aromatic carbocycles. The highest BCUT2D eigenvalue weighted by molar-refractivity contribution is 5.49. The molecule has 1 amide bonds. The molecule has 0 unspecified atom stereocenters. The lowest BCUT2D eigenvalue weighted by molar-refractivity contribution is -0.111. The van der Waals surface area contributed by atoms with Crippen molar-refractivity contribution in [2.45, 2.75) is 24.8 Å². The number of halogens is 2. The van der Waals surface area contributed by atoms with E-state index in [-0.39, 0.29) is 0 Å². The molecule has 1 fully saturated rings. The molecule has 0 saturated heterocycles. The highest BCUT2D eigenvalue weighted by Gasteiger charge is 2.50. The Morgan fingerprint density at radius 2 is 2.11 bits per heavy atom. The van der Waals surface area contributed by atoms with Crippen molar-refractivity contribution in [1.29, 1.82) is 0 Å². The van der Waals surface area contributed by atoms with Gasteiger partial charge >= 0.3 is 0 Å². The maximum absolute atomic E-state index is 11.8. The fourth-order valence-corrected chi connectivity index (χ4v) is 0.678. The summed E-state index contributed by atoms with van der Waals surface area (Å²) in [6.07, 6.45) is -1.27. The van der Waals surface area contributed by atoms with E-state index in [0.29, 0.717) is 19.3 Å². The first-order valence-electron chi connectivity index (χ1n) is 2.71. The van der Waals surface area contributed by atoms with Crippen LogP contribution in [-0.2, 0) is 4.79 Å². The number of rotatable bonds is 3. The summed E-state index contributed by atoms with van der Waals surface area (Å²) in [6.45, 7) is 0. The van der Waals surface area contributed by atoms with E-state index in [1.165, 1.54) is 0 Å². The second-order valence-corrected chi connectivity index (χ2v) is 2.22. The number of hydrogen-bond acceptors (Lipinski definition) is 1. The topological polar surface area (TPSA) is 29.1 Å². The van der Waals surface area contributed by atoms with E-state index >= 15 is 0 Å². The summed E-state index contributed by atoms with van der Waals surface area (Å²) in [4.78, 5) is 9.72. The maximum Gasteiger partial charge on any atom is 0.261 e. The average Bonchev–Trinajstić information content (AvgIpc) is 2.49. The summed E-state index contributed by atoms with van der Waals surface area (Å²) < 4.78 is 23.7. The third-order valence-electron chi connectivity index (χ3n) is 1.55. The zero-order valence-corrected chi connectivity index (χ0v) is 4.73. The molecule has 9 heavy (non-hydrogen) atoms. The standard InChI is InChI=1S/C5H7F2NO/c6-4(7)5(1-2-5)8-3-9/h3-4H,1-2H2,(H,8,9). The van der Waals surface area contributed by atoms with Gasteiger partial charge in [0.2, 0.25) is 6.41 Å². The largest absolute Gasteiger partial charge is 0.347 e. The first kappa shape index (κ1) is 6.45. The van der Waals surface area contributed by atoms with Gasteiger partial charge < -0.3 is 5.32 Å². The minimum absolute atomic E-state index is 0.332. The van der Waals surface area contributed by atoms with Gasteiger partial charge in [-0.1, -0.05) is 0 Å². The van der Waals surface area contributed by atoms with Crippen molar-refractivity contribution in [2.24, 2.45) is 0 Å². The molecule has 0 bridgehead atoms. The number of nitrogens with one attached hydrogen (secondary N) is 1. The van der Waals surface area contributed by atoms with Gasteiger partial charge in [-0.3, -0.25) is 4.79 Å². The predicted molar refractivity (Wildman–Crippen MR) is 27.2 cm³/mol. The lowest BCUT2D eigenvalue weighted by atomic mass is 10.3. The van der Waals surface area contributed by atoms with Crippen LogP contribution in [0.4, 0.5) is 8.78 Å². The molecule has 0 atom stereocenters. The van der Waals surface area contributed by atoms with Crippen molar-refractivity contribution in [2.75, 3.05) is 0 Å². The Morgan fingerprint density at radius 3 is 2.22 bits per heavy atom. The lowest BCUT2D eigenvalue weighted by Gasteiger charge is -2.10. The smallest absolute Gasteiger partial charge is 0.261 e. The van der Waals surface area contributed by atoms with Gasteiger partial charge in [-0.25, -0.2) is 8.78 Å². The van der Waals surface area contributed by atoms with Crippen LogP contribution in [0.25, 0.3) is 0 Å². The quantitative estimate of drug-likeness (QED) is 0.562. The van der Waals surface area contributed by atoms with Gasteiger partial charge in [0.05, 0.1) is 0 Å². The normalized spacial score (nSPS) is 21.7. The van der Waals surface area contributed by atoms with Crippen LogP contribution < -0.4 is 5.32 Å². The van der Waals surface area contributed by atoms with E-state index in [1.54, 1.807) is 0 Å². The molecule has 0 aromatic rings. The highest BCUT2D eigenvalue weighted by Crippen LogP contribution is 2.40. The molecule has 0 spiro atoms. The number of alkyl halides is 2. The maximum atomic E-state index is 11.8. The van der Waals surface area contributed by atoms with Crippen LogP contribution in [0.2, 0.25) is 0 Å². The van der Waals surface area contributed by atoms with E-state index in [9.17, 15) is 13.6 Å². The molecule has 1 aliphatic carbocycles. The summed E-state index contributed by atoms with van der Waals surface area (Å²) in [7, 11) is 0. The third kappa shape index (κ3) is 1.01. The zero-order valence-electron chi connectivity index (χ0n) is 4.73. The molecule has 52 valence electrons. The SMILES string of the molecule is O=CNC1(C(F)F)CC1. The number of carbonyl (C=O) groups excluding carboxylic acids is 1. The van der Waals surface area contributed by atoms with Gasteiger partial charge in [0, 0.05) is 0 Å². The van der Waals surface area contributed by atoms with Crippen molar-refractivity contribution >= 4 is 6.41 Å². The first-order chi connectivity index (χ1) is 4.21. The molecule has 0 aliphatic heterocycles. The van der Waals surface area contributed by atoms with Crippen LogP contribution in [0.3, 0.4) is 0 Å². The van der Waals surface area contributed by atoms with E-state index in [2.05, 4.69) is 5.32 Å². The zero-order chi connectivity index (χ0) is 6.91. The summed E-state index contributed by atoms with van der Waals surface area (Å²) in [5.41, 5.74) is -1.15. The van der Waals surface area contributed by atoms with Crippen molar-refractivity contribution < 1.29 is 13.6 Å². The Balaban J connectivity index is 2.42. The molecule has 1 rings (SSSR count). The van der Waals surface area contributed by atoms with Crippen LogP contribution in [-0.4, -0.2) is 18.4 Å². The van der Waals surface area contributed by atoms with E-state index < -0.39 is 12.0 Å². The third-order valence-corrected chi connectivity index (χ3v) is 1.55. The lowest BCUT2D eigenvalue weighted by Crippen LogP contribution is -2.36. The Labute approximate surface area is 51.2 Å². The van der Waals surface area contributed by atoms with Gasteiger partial charge in [-0.05, 0) is 12.8 Å². The van der Waals surface area contributed by atoms with E-state index in [0.717, 1.165) is 0 Å². The fourth-order valence-electron chi connectivity index (χ4n) is 0.678. The molecular weight excluding hydrogens is 128 g/mol. The molecule has 0 radical (unpaired) electrons. The molecule has 0 heterocycles. The van der Waals surface area contributed by atoms with E-state index in [1.807, 2.05) is 0 Å². The average molecular weight is 135 g/mol. The second kappa shape index (κ2) is 1.93. The van der Waals surface area contributed by atoms with Gasteiger partial charge in [0.25, 0.3) is 6.43 Å². The summed E-state index contributed by atoms with van der Waals surface area (Å²) in [5.74, 6) is 0. The Kier molecular flexibility index (Phi) is 1.38. The van der Waals surface area contributed by atoms with Crippen molar-refractivity contribution in [3.8, 4) is 0 Å². The predicted octanol–water partition coefficient (Wildman–Crippen LogP) is 0.530. The number of carbonyl (C=O) groups is 1. The van der Waals surface area contributed by atoms with Gasteiger partial charge in [-0.2, -0.15) is 0 Å². The van der Waals surface area contributed by atoms with Crippen LogP contribution >= 0.6 is 0 Å². The van der Waals surface area contributed by atoms with Gasteiger partial charge in [0.1, 0.15) is 5.54 Å². The summed E-state index contributed by atoms with van der Waals surface area (Å²) >= 11 is 0. The number of amides is 1. The summed E-state index contributed by atoms with van der Waals surface area (Å²) in [6, 6.07) is 0. The second-order valence-electron chi connectivity index (χ2n) is 2.22. The van der Waals surface area contributed by atoms with Crippen LogP contribution in [0.1, 0.15) is 12.8 Å². The van der Waals surface area contributed by atoms with Gasteiger partial charge in [-0.15, -0.1) is 0 Å². The molecule has 1 saturated carbocycles. The Hall–Kier alpha value is -0.670. The summed E-state index contributed by atoms with van der Waals surface area (Å²) in [5, 5.41) is 2.10. The monoisotopic (exact) mass is 135 g/mol. The minimum Gasteiger partial charge on any atom is -0.347 e. The molecule has 0 aromatic heterocycles.